The third-order valence-corrected chi connectivity index (χ3v) is 6.12. The lowest BCUT2D eigenvalue weighted by Crippen LogP contribution is -2.32. The minimum Gasteiger partial charge on any atom is -0.467 e. The Labute approximate surface area is 167 Å². The Morgan fingerprint density at radius 1 is 1.44 bits per heavy atom. The molecule has 0 aliphatic heterocycles. The van der Waals surface area contributed by atoms with E-state index in [0.29, 0.717) is 25.4 Å². The van der Waals surface area contributed by atoms with Crippen molar-refractivity contribution < 1.29 is 13.9 Å². The van der Waals surface area contributed by atoms with Crippen molar-refractivity contribution in [3.63, 3.8) is 0 Å². The highest BCUT2D eigenvalue weighted by Gasteiger charge is 2.21. The monoisotopic (exact) mass is 408 g/mol. The van der Waals surface area contributed by atoms with Crippen molar-refractivity contribution in [3.8, 4) is 0 Å². The number of hydrogen-bond donors (Lipinski definition) is 1. The fourth-order valence-electron chi connectivity index (χ4n) is 2.78. The molecule has 9 heteroatoms. The van der Waals surface area contributed by atoms with Crippen LogP contribution in [0.25, 0.3) is 0 Å². The smallest absolute Gasteiger partial charge is 0.237 e. The lowest BCUT2D eigenvalue weighted by atomic mass is 10.0. The number of hydrogen-bond acceptors (Lipinski definition) is 8. The van der Waals surface area contributed by atoms with Crippen LogP contribution in [0.3, 0.4) is 0 Å². The van der Waals surface area contributed by atoms with E-state index in [1.54, 1.807) is 13.4 Å². The van der Waals surface area contributed by atoms with Crippen LogP contribution >= 0.6 is 23.1 Å². The van der Waals surface area contributed by atoms with Gasteiger partial charge in [0.15, 0.2) is 4.34 Å². The average molecular weight is 409 g/mol. The summed E-state index contributed by atoms with van der Waals surface area (Å²) in [6.45, 7) is 1.76. The van der Waals surface area contributed by atoms with Crippen LogP contribution in [0.5, 0.6) is 0 Å². The molecule has 0 bridgehead atoms. The first-order valence-corrected chi connectivity index (χ1v) is 10.8. The molecule has 1 aliphatic carbocycles. The number of amides is 1. The maximum absolute atomic E-state index is 12.9. The predicted octanol–water partition coefficient (Wildman–Crippen LogP) is 3.77. The van der Waals surface area contributed by atoms with Gasteiger partial charge in [-0.3, -0.25) is 4.79 Å². The zero-order valence-electron chi connectivity index (χ0n) is 15.3. The molecule has 146 valence electrons. The minimum atomic E-state index is 0.0636. The van der Waals surface area contributed by atoms with E-state index in [2.05, 4.69) is 21.6 Å². The van der Waals surface area contributed by atoms with Crippen LogP contribution in [0.2, 0.25) is 0 Å². The average Bonchev–Trinajstić information content (AvgIpc) is 3.37. The summed E-state index contributed by atoms with van der Waals surface area (Å²) in [5.41, 5.74) is 1.10. The van der Waals surface area contributed by atoms with Crippen molar-refractivity contribution >= 4 is 34.1 Å². The van der Waals surface area contributed by atoms with Gasteiger partial charge >= 0.3 is 0 Å². The molecule has 0 saturated heterocycles. The summed E-state index contributed by atoms with van der Waals surface area (Å²) >= 11 is 2.87. The Morgan fingerprint density at radius 3 is 3.11 bits per heavy atom. The Kier molecular flexibility index (Phi) is 7.73. The van der Waals surface area contributed by atoms with Crippen LogP contribution in [0.4, 0.5) is 5.13 Å². The SMILES string of the molecule is COCCNc1nnc(SCC(=O)N(Cc2ccco2)C2=CCCCC2)s1. The van der Waals surface area contributed by atoms with E-state index >= 15 is 0 Å². The number of methoxy groups -OCH3 is 1. The van der Waals surface area contributed by atoms with Crippen molar-refractivity contribution in [1.82, 2.24) is 15.1 Å². The Bertz CT molecular complexity index is 746. The topological polar surface area (TPSA) is 80.5 Å². The van der Waals surface area contributed by atoms with Crippen molar-refractivity contribution in [2.45, 2.75) is 36.6 Å². The van der Waals surface area contributed by atoms with Gasteiger partial charge in [-0.25, -0.2) is 0 Å². The summed E-state index contributed by atoms with van der Waals surface area (Å²) in [7, 11) is 1.66. The van der Waals surface area contributed by atoms with Gasteiger partial charge in [0.2, 0.25) is 11.0 Å². The molecule has 1 amide bonds. The van der Waals surface area contributed by atoms with Gasteiger partial charge in [-0.05, 0) is 37.8 Å². The first-order chi connectivity index (χ1) is 13.3. The second-order valence-corrected chi connectivity index (χ2v) is 8.28. The lowest BCUT2D eigenvalue weighted by molar-refractivity contribution is -0.127. The first kappa shape index (κ1) is 19.9. The molecule has 3 rings (SSSR count). The van der Waals surface area contributed by atoms with E-state index in [1.165, 1.54) is 29.5 Å². The summed E-state index contributed by atoms with van der Waals surface area (Å²) in [5.74, 6) is 1.18. The summed E-state index contributed by atoms with van der Waals surface area (Å²) in [5, 5.41) is 12.1. The van der Waals surface area contributed by atoms with Gasteiger partial charge in [0, 0.05) is 19.4 Å². The van der Waals surface area contributed by atoms with Crippen molar-refractivity contribution in [2.24, 2.45) is 0 Å². The Morgan fingerprint density at radius 2 is 2.37 bits per heavy atom. The van der Waals surface area contributed by atoms with E-state index in [0.717, 1.165) is 40.2 Å². The Hall–Kier alpha value is -1.84. The van der Waals surface area contributed by atoms with E-state index in [1.807, 2.05) is 17.0 Å². The molecule has 0 fully saturated rings. The number of carbonyl (C=O) groups is 1. The largest absolute Gasteiger partial charge is 0.467 e. The van der Waals surface area contributed by atoms with E-state index in [4.69, 9.17) is 9.15 Å². The third kappa shape index (κ3) is 6.08. The second-order valence-electron chi connectivity index (χ2n) is 6.08. The molecule has 2 aromatic heterocycles. The number of aromatic nitrogens is 2. The lowest BCUT2D eigenvalue weighted by Gasteiger charge is -2.26. The summed E-state index contributed by atoms with van der Waals surface area (Å²) in [6, 6.07) is 3.75. The zero-order valence-corrected chi connectivity index (χ0v) is 17.0. The molecule has 0 saturated carbocycles. The van der Waals surface area contributed by atoms with Gasteiger partial charge in [-0.1, -0.05) is 29.2 Å². The number of nitrogens with one attached hydrogen (secondary N) is 1. The highest BCUT2D eigenvalue weighted by atomic mass is 32.2. The normalized spacial score (nSPS) is 14.0. The van der Waals surface area contributed by atoms with E-state index in [-0.39, 0.29) is 5.91 Å². The molecule has 0 unspecified atom stereocenters. The van der Waals surface area contributed by atoms with Crippen LogP contribution in [0, 0.1) is 0 Å². The maximum atomic E-state index is 12.9. The number of furan rings is 1. The van der Waals surface area contributed by atoms with E-state index in [9.17, 15) is 4.79 Å². The standard InChI is InChI=1S/C18H24N4O3S2/c1-24-11-9-19-17-20-21-18(27-17)26-13-16(23)22(12-15-8-5-10-25-15)14-6-3-2-4-7-14/h5-6,8,10H,2-4,7,9,11-13H2,1H3,(H,19,20). The summed E-state index contributed by atoms with van der Waals surface area (Å²) < 4.78 is 11.2. The fraction of sp³-hybridized carbons (Fsp3) is 0.500. The molecular formula is C18H24N4O3S2. The summed E-state index contributed by atoms with van der Waals surface area (Å²) in [4.78, 5) is 14.8. The molecule has 7 nitrogen and oxygen atoms in total. The van der Waals surface area contributed by atoms with Gasteiger partial charge in [0.05, 0.1) is 25.2 Å². The molecule has 0 atom stereocenters. The molecule has 27 heavy (non-hydrogen) atoms. The molecule has 0 radical (unpaired) electrons. The molecule has 0 spiro atoms. The van der Waals surface area contributed by atoms with Gasteiger partial charge < -0.3 is 19.4 Å². The van der Waals surface area contributed by atoms with Crippen LogP contribution in [0.1, 0.15) is 31.4 Å². The Balaban J connectivity index is 1.58. The highest BCUT2D eigenvalue weighted by molar-refractivity contribution is 8.01. The number of allylic oxidation sites excluding steroid dienone is 2. The number of carbonyl (C=O) groups excluding carboxylic acids is 1. The molecule has 2 heterocycles. The summed E-state index contributed by atoms with van der Waals surface area (Å²) in [6.07, 6.45) is 8.08. The molecule has 2 aromatic rings. The van der Waals surface area contributed by atoms with Crippen LogP contribution in [-0.2, 0) is 16.1 Å². The predicted molar refractivity (Wildman–Crippen MR) is 107 cm³/mol. The van der Waals surface area contributed by atoms with Crippen LogP contribution in [0.15, 0.2) is 38.9 Å². The zero-order chi connectivity index (χ0) is 18.9. The number of nitrogens with zero attached hydrogens (tertiary/aromatic N) is 3. The fourth-order valence-corrected chi connectivity index (χ4v) is 4.43. The minimum absolute atomic E-state index is 0.0636. The number of anilines is 1. The van der Waals surface area contributed by atoms with Gasteiger partial charge in [0.25, 0.3) is 0 Å². The maximum Gasteiger partial charge on any atom is 0.237 e. The first-order valence-electron chi connectivity index (χ1n) is 8.97. The second kappa shape index (κ2) is 10.5. The quantitative estimate of drug-likeness (QED) is 0.473. The van der Waals surface area contributed by atoms with Crippen molar-refractivity contribution in [2.75, 3.05) is 31.3 Å². The number of ether oxygens (including phenoxy) is 1. The number of thioether (sulfide) groups is 1. The van der Waals surface area contributed by atoms with Gasteiger partial charge in [0.1, 0.15) is 5.76 Å². The molecule has 1 N–H and O–H groups in total. The van der Waals surface area contributed by atoms with Crippen molar-refractivity contribution in [3.05, 3.63) is 35.9 Å². The highest BCUT2D eigenvalue weighted by Crippen LogP contribution is 2.28. The van der Waals surface area contributed by atoms with Gasteiger partial charge in [-0.15, -0.1) is 10.2 Å². The van der Waals surface area contributed by atoms with Crippen LogP contribution in [-0.4, -0.2) is 47.0 Å². The molecule has 1 aliphatic rings. The van der Waals surface area contributed by atoms with Crippen LogP contribution < -0.4 is 5.32 Å². The molecule has 0 aromatic carbocycles. The molecular weight excluding hydrogens is 384 g/mol. The number of rotatable bonds is 10. The third-order valence-electron chi connectivity index (χ3n) is 4.12. The van der Waals surface area contributed by atoms with E-state index < -0.39 is 0 Å². The van der Waals surface area contributed by atoms with Crippen molar-refractivity contribution in [1.29, 1.82) is 0 Å². The van der Waals surface area contributed by atoms with Gasteiger partial charge in [-0.2, -0.15) is 0 Å².